The lowest BCUT2D eigenvalue weighted by Gasteiger charge is -2.08. The van der Waals surface area contributed by atoms with Crippen LogP contribution in [0.1, 0.15) is 19.3 Å². The molecular weight excluding hydrogens is 293 g/mol. The smallest absolute Gasteiger partial charge is 0.277 e. The second-order valence-electron chi connectivity index (χ2n) is 4.77. The highest BCUT2D eigenvalue weighted by atomic mass is 32.2. The van der Waals surface area contributed by atoms with Gasteiger partial charge in [0.2, 0.25) is 11.8 Å². The summed E-state index contributed by atoms with van der Waals surface area (Å²) in [4.78, 5) is 11.9. The van der Waals surface area contributed by atoms with Gasteiger partial charge >= 0.3 is 0 Å². The Kier molecular flexibility index (Phi) is 4.19. The van der Waals surface area contributed by atoms with Gasteiger partial charge in [-0.15, -0.1) is 10.2 Å². The third kappa shape index (κ3) is 3.41. The van der Waals surface area contributed by atoms with E-state index in [-0.39, 0.29) is 17.0 Å². The Morgan fingerprint density at radius 2 is 2.05 bits per heavy atom. The molecule has 7 heteroatoms. The second-order valence-corrected chi connectivity index (χ2v) is 5.93. The maximum atomic E-state index is 12.9. The van der Waals surface area contributed by atoms with Gasteiger partial charge in [0.15, 0.2) is 0 Å². The fraction of sp³-hybridized carbons (Fsp3) is 0.357. The van der Waals surface area contributed by atoms with Crippen LogP contribution in [0.15, 0.2) is 33.9 Å². The molecule has 0 radical (unpaired) electrons. The Bertz CT molecular complexity index is 629. The average Bonchev–Trinajstić information content (AvgIpc) is 2.85. The molecule has 1 amide bonds. The minimum absolute atomic E-state index is 0.0130. The third-order valence-electron chi connectivity index (χ3n) is 3.23. The fourth-order valence-electron chi connectivity index (χ4n) is 2.11. The summed E-state index contributed by atoms with van der Waals surface area (Å²) in [7, 11) is 0. The second kappa shape index (κ2) is 6.26. The molecule has 0 bridgehead atoms. The van der Waals surface area contributed by atoms with Crippen LogP contribution in [0.3, 0.4) is 0 Å². The van der Waals surface area contributed by atoms with Crippen LogP contribution in [0.4, 0.5) is 4.39 Å². The number of nitrogens with zero attached hydrogens (tertiary/aromatic N) is 2. The molecule has 0 saturated carbocycles. The van der Waals surface area contributed by atoms with Crippen LogP contribution < -0.4 is 5.32 Å². The number of benzene rings is 1. The summed E-state index contributed by atoms with van der Waals surface area (Å²) < 4.78 is 18.4. The van der Waals surface area contributed by atoms with Crippen LogP contribution in [-0.4, -0.2) is 27.9 Å². The largest absolute Gasteiger partial charge is 0.411 e. The van der Waals surface area contributed by atoms with E-state index in [1.54, 1.807) is 12.1 Å². The molecule has 2 aromatic rings. The number of aromatic nitrogens is 2. The summed E-state index contributed by atoms with van der Waals surface area (Å²) in [5.74, 6) is 0.0218. The molecule has 0 spiro atoms. The molecule has 1 atom stereocenters. The van der Waals surface area contributed by atoms with Crippen LogP contribution in [-0.2, 0) is 4.79 Å². The molecule has 0 aliphatic carbocycles. The van der Waals surface area contributed by atoms with E-state index < -0.39 is 0 Å². The number of thioether (sulfide) groups is 1. The van der Waals surface area contributed by atoms with Crippen molar-refractivity contribution < 1.29 is 13.6 Å². The lowest BCUT2D eigenvalue weighted by Crippen LogP contribution is -2.30. The molecule has 2 heterocycles. The fourth-order valence-corrected chi connectivity index (χ4v) is 3.05. The molecule has 0 unspecified atom stereocenters. The molecule has 3 rings (SSSR count). The Morgan fingerprint density at radius 1 is 1.24 bits per heavy atom. The molecule has 5 nitrogen and oxygen atoms in total. The first kappa shape index (κ1) is 14.1. The molecule has 1 N–H and O–H groups in total. The average molecular weight is 307 g/mol. The van der Waals surface area contributed by atoms with E-state index in [9.17, 15) is 9.18 Å². The maximum absolute atomic E-state index is 12.9. The topological polar surface area (TPSA) is 68.0 Å². The highest BCUT2D eigenvalue weighted by Gasteiger charge is 2.24. The number of hydrogen-bond donors (Lipinski definition) is 1. The summed E-state index contributed by atoms with van der Waals surface area (Å²) in [6.45, 7) is 0.723. The van der Waals surface area contributed by atoms with Crippen LogP contribution in [0, 0.1) is 5.82 Å². The monoisotopic (exact) mass is 307 g/mol. The summed E-state index contributed by atoms with van der Waals surface area (Å²) >= 11 is 1.28. The van der Waals surface area contributed by atoms with Crippen LogP contribution in [0.25, 0.3) is 11.5 Å². The Balaban J connectivity index is 1.72. The van der Waals surface area contributed by atoms with Gasteiger partial charge in [0.05, 0.1) is 5.25 Å². The molecule has 1 aromatic heterocycles. The lowest BCUT2D eigenvalue weighted by atomic mass is 10.2. The van der Waals surface area contributed by atoms with Gasteiger partial charge < -0.3 is 9.73 Å². The van der Waals surface area contributed by atoms with Crippen molar-refractivity contribution in [3.8, 4) is 11.5 Å². The summed E-state index contributed by atoms with van der Waals surface area (Å²) in [5.41, 5.74) is 0.654. The Morgan fingerprint density at radius 3 is 2.86 bits per heavy atom. The minimum atomic E-state index is -0.317. The van der Waals surface area contributed by atoms with Crippen molar-refractivity contribution in [3.63, 3.8) is 0 Å². The molecule has 1 fully saturated rings. The standard InChI is InChI=1S/C14H14FN3O2S/c15-10-6-4-9(5-7-10)13-17-18-14(20-13)21-11-3-1-2-8-16-12(11)19/h4-7,11H,1-3,8H2,(H,16,19)/t11-/m1/s1. The van der Waals surface area contributed by atoms with Crippen molar-refractivity contribution in [2.45, 2.75) is 29.7 Å². The normalized spacial score (nSPS) is 19.1. The third-order valence-corrected chi connectivity index (χ3v) is 4.33. The highest BCUT2D eigenvalue weighted by molar-refractivity contribution is 8.00. The number of halogens is 1. The number of rotatable bonds is 3. The van der Waals surface area contributed by atoms with Crippen LogP contribution in [0.5, 0.6) is 0 Å². The Labute approximate surface area is 125 Å². The molecule has 1 aromatic carbocycles. The summed E-state index contributed by atoms with van der Waals surface area (Å²) in [6.07, 6.45) is 2.79. The number of hydrogen-bond acceptors (Lipinski definition) is 5. The van der Waals surface area contributed by atoms with Crippen molar-refractivity contribution in [3.05, 3.63) is 30.1 Å². The van der Waals surface area contributed by atoms with E-state index in [1.807, 2.05) is 0 Å². The van der Waals surface area contributed by atoms with Gasteiger partial charge in [0.25, 0.3) is 5.22 Å². The highest BCUT2D eigenvalue weighted by Crippen LogP contribution is 2.29. The van der Waals surface area contributed by atoms with E-state index in [2.05, 4.69) is 15.5 Å². The number of amides is 1. The van der Waals surface area contributed by atoms with E-state index in [0.717, 1.165) is 25.8 Å². The van der Waals surface area contributed by atoms with Gasteiger partial charge in [-0.05, 0) is 37.1 Å². The van der Waals surface area contributed by atoms with E-state index >= 15 is 0 Å². The molecule has 21 heavy (non-hydrogen) atoms. The first-order valence-electron chi connectivity index (χ1n) is 6.76. The van der Waals surface area contributed by atoms with Gasteiger partial charge in [-0.3, -0.25) is 4.79 Å². The predicted molar refractivity (Wildman–Crippen MR) is 76.2 cm³/mol. The minimum Gasteiger partial charge on any atom is -0.411 e. The quantitative estimate of drug-likeness (QED) is 0.944. The van der Waals surface area contributed by atoms with E-state index in [4.69, 9.17) is 4.42 Å². The number of nitrogens with one attached hydrogen (secondary N) is 1. The first-order chi connectivity index (χ1) is 10.2. The first-order valence-corrected chi connectivity index (χ1v) is 7.64. The zero-order valence-electron chi connectivity index (χ0n) is 11.2. The van der Waals surface area contributed by atoms with Crippen molar-refractivity contribution in [2.75, 3.05) is 6.54 Å². The molecule has 110 valence electrons. The van der Waals surface area contributed by atoms with E-state index in [0.29, 0.717) is 16.7 Å². The lowest BCUT2D eigenvalue weighted by molar-refractivity contribution is -0.120. The Hall–Kier alpha value is -1.89. The molecular formula is C14H14FN3O2S. The summed E-state index contributed by atoms with van der Waals surface area (Å²) in [5, 5.41) is 10.9. The van der Waals surface area contributed by atoms with Gasteiger partial charge in [-0.1, -0.05) is 18.2 Å². The SMILES string of the molecule is O=C1NCCCC[C@H]1Sc1nnc(-c2ccc(F)cc2)o1. The molecule has 1 aliphatic heterocycles. The maximum Gasteiger partial charge on any atom is 0.277 e. The van der Waals surface area contributed by atoms with Gasteiger partial charge in [0, 0.05) is 12.1 Å². The van der Waals surface area contributed by atoms with Gasteiger partial charge in [-0.2, -0.15) is 0 Å². The number of carbonyl (C=O) groups excluding carboxylic acids is 1. The zero-order chi connectivity index (χ0) is 14.7. The van der Waals surface area contributed by atoms with Gasteiger partial charge in [-0.25, -0.2) is 4.39 Å². The van der Waals surface area contributed by atoms with Crippen molar-refractivity contribution >= 4 is 17.7 Å². The van der Waals surface area contributed by atoms with E-state index in [1.165, 1.54) is 23.9 Å². The van der Waals surface area contributed by atoms with Crippen molar-refractivity contribution in [1.82, 2.24) is 15.5 Å². The number of carbonyl (C=O) groups is 1. The van der Waals surface area contributed by atoms with Crippen LogP contribution in [0.2, 0.25) is 0 Å². The van der Waals surface area contributed by atoms with Gasteiger partial charge in [0.1, 0.15) is 5.82 Å². The van der Waals surface area contributed by atoms with Crippen molar-refractivity contribution in [2.24, 2.45) is 0 Å². The zero-order valence-corrected chi connectivity index (χ0v) is 12.0. The van der Waals surface area contributed by atoms with Crippen LogP contribution >= 0.6 is 11.8 Å². The summed E-state index contributed by atoms with van der Waals surface area (Å²) in [6, 6.07) is 5.83. The van der Waals surface area contributed by atoms with Crippen molar-refractivity contribution in [1.29, 1.82) is 0 Å². The molecule has 1 saturated heterocycles. The molecule has 1 aliphatic rings. The predicted octanol–water partition coefficient (Wildman–Crippen LogP) is 2.64.